The lowest BCUT2D eigenvalue weighted by atomic mass is 9.73. The Bertz CT molecular complexity index is 1190. The molecule has 2 amide bonds. The molecule has 1 aromatic carbocycles. The molecule has 8 nitrogen and oxygen atoms in total. The van der Waals surface area contributed by atoms with Gasteiger partial charge in [-0.05, 0) is 44.4 Å². The molecule has 2 aliphatic rings. The molecule has 0 saturated carbocycles. The second-order valence-corrected chi connectivity index (χ2v) is 8.21. The summed E-state index contributed by atoms with van der Waals surface area (Å²) in [5.74, 6) is 0.278. The minimum Gasteiger partial charge on any atom is -0.331 e. The Labute approximate surface area is 174 Å². The predicted octanol–water partition coefficient (Wildman–Crippen LogP) is 2.65. The number of carbonyl (C=O) groups is 2. The van der Waals surface area contributed by atoms with E-state index in [1.807, 2.05) is 44.2 Å². The van der Waals surface area contributed by atoms with Gasteiger partial charge in [0, 0.05) is 23.6 Å². The molecule has 1 fully saturated rings. The third-order valence-electron chi connectivity index (χ3n) is 6.39. The molecular formula is C22H24N6O2. The summed E-state index contributed by atoms with van der Waals surface area (Å²) in [6, 6.07) is 9.47. The van der Waals surface area contributed by atoms with Crippen LogP contribution in [-0.4, -0.2) is 48.9 Å². The summed E-state index contributed by atoms with van der Waals surface area (Å²) in [5, 5.41) is 7.45. The first-order valence-electron chi connectivity index (χ1n) is 10.4. The lowest BCUT2D eigenvalue weighted by Crippen LogP contribution is -2.49. The molecule has 1 spiro atoms. The van der Waals surface area contributed by atoms with Crippen molar-refractivity contribution in [1.82, 2.24) is 24.5 Å². The van der Waals surface area contributed by atoms with Crippen molar-refractivity contribution < 1.29 is 9.59 Å². The van der Waals surface area contributed by atoms with Crippen LogP contribution in [0.3, 0.4) is 0 Å². The molecule has 0 aliphatic carbocycles. The fourth-order valence-electron chi connectivity index (χ4n) is 5.11. The van der Waals surface area contributed by atoms with E-state index in [4.69, 9.17) is 0 Å². The quantitative estimate of drug-likeness (QED) is 0.724. The molecule has 30 heavy (non-hydrogen) atoms. The number of benzene rings is 1. The Hall–Kier alpha value is -3.29. The number of nitrogens with zero attached hydrogens (tertiary/aromatic N) is 5. The number of carbonyl (C=O) groups excluding carboxylic acids is 2. The number of rotatable bonds is 3. The maximum atomic E-state index is 13.5. The van der Waals surface area contributed by atoms with Crippen molar-refractivity contribution >= 4 is 23.3 Å². The number of nitrogens with one attached hydrogen (secondary N) is 1. The zero-order chi connectivity index (χ0) is 21.0. The molecule has 3 aromatic rings. The second kappa shape index (κ2) is 6.62. The number of para-hydroxylation sites is 1. The highest BCUT2D eigenvalue weighted by atomic mass is 16.2. The number of hydrogen-bond donors (Lipinski definition) is 1. The van der Waals surface area contributed by atoms with Gasteiger partial charge < -0.3 is 10.2 Å². The Kier molecular flexibility index (Phi) is 4.13. The average molecular weight is 404 g/mol. The van der Waals surface area contributed by atoms with Gasteiger partial charge in [-0.1, -0.05) is 31.5 Å². The van der Waals surface area contributed by atoms with Crippen LogP contribution >= 0.6 is 0 Å². The number of likely N-dealkylation sites (tertiary alicyclic amines) is 1. The Morgan fingerprint density at radius 3 is 2.87 bits per heavy atom. The third kappa shape index (κ3) is 2.49. The summed E-state index contributed by atoms with van der Waals surface area (Å²) in [6.45, 7) is 6.37. The zero-order valence-corrected chi connectivity index (χ0v) is 17.3. The van der Waals surface area contributed by atoms with E-state index in [2.05, 4.69) is 27.3 Å². The van der Waals surface area contributed by atoms with Crippen molar-refractivity contribution in [3.63, 3.8) is 0 Å². The molecule has 0 radical (unpaired) electrons. The van der Waals surface area contributed by atoms with Crippen LogP contribution in [0, 0.1) is 13.8 Å². The maximum Gasteiger partial charge on any atom is 0.293 e. The molecule has 154 valence electrons. The summed E-state index contributed by atoms with van der Waals surface area (Å²) in [6.07, 6.45) is 2.19. The number of aromatic nitrogens is 4. The van der Waals surface area contributed by atoms with E-state index in [-0.39, 0.29) is 23.7 Å². The zero-order valence-electron chi connectivity index (χ0n) is 17.3. The van der Waals surface area contributed by atoms with Crippen molar-refractivity contribution in [1.29, 1.82) is 0 Å². The molecule has 1 N–H and O–H groups in total. The van der Waals surface area contributed by atoms with E-state index in [9.17, 15) is 9.59 Å². The normalized spacial score (nSPS) is 22.7. The average Bonchev–Trinajstić information content (AvgIpc) is 3.38. The van der Waals surface area contributed by atoms with E-state index in [0.29, 0.717) is 18.7 Å². The maximum absolute atomic E-state index is 13.5. The molecule has 1 saturated heterocycles. The predicted molar refractivity (Wildman–Crippen MR) is 111 cm³/mol. The highest BCUT2D eigenvalue weighted by Crippen LogP contribution is 2.49. The molecule has 0 bridgehead atoms. The van der Waals surface area contributed by atoms with Crippen molar-refractivity contribution in [3.8, 4) is 0 Å². The number of hydrogen-bond acceptors (Lipinski definition) is 5. The van der Waals surface area contributed by atoms with Gasteiger partial charge in [0.05, 0.1) is 11.5 Å². The van der Waals surface area contributed by atoms with Crippen molar-refractivity contribution in [2.45, 2.75) is 51.5 Å². The Balaban J connectivity index is 1.56. The first-order valence-corrected chi connectivity index (χ1v) is 10.4. The number of anilines is 1. The molecular weight excluding hydrogens is 380 g/mol. The second-order valence-electron chi connectivity index (χ2n) is 8.21. The first kappa shape index (κ1) is 18.7. The van der Waals surface area contributed by atoms with Gasteiger partial charge >= 0.3 is 0 Å². The first-order chi connectivity index (χ1) is 14.5. The Morgan fingerprint density at radius 1 is 1.27 bits per heavy atom. The van der Waals surface area contributed by atoms with Crippen molar-refractivity contribution in [2.75, 3.05) is 11.9 Å². The molecule has 4 heterocycles. The van der Waals surface area contributed by atoms with Gasteiger partial charge in [-0.15, -0.1) is 5.10 Å². The summed E-state index contributed by atoms with van der Waals surface area (Å²) in [4.78, 5) is 37.2. The van der Waals surface area contributed by atoms with E-state index in [0.717, 1.165) is 35.5 Å². The number of amides is 2. The van der Waals surface area contributed by atoms with Crippen LogP contribution < -0.4 is 5.32 Å². The molecule has 2 aromatic heterocycles. The lowest BCUT2D eigenvalue weighted by molar-refractivity contribution is -0.121. The Morgan fingerprint density at radius 2 is 2.07 bits per heavy atom. The fraction of sp³-hybridized carbons (Fsp3) is 0.409. The number of aryl methyl sites for hydroxylation is 2. The van der Waals surface area contributed by atoms with E-state index >= 15 is 0 Å². The van der Waals surface area contributed by atoms with Gasteiger partial charge in [-0.2, -0.15) is 4.98 Å². The van der Waals surface area contributed by atoms with E-state index < -0.39 is 5.41 Å². The minimum atomic E-state index is -0.716. The largest absolute Gasteiger partial charge is 0.331 e. The van der Waals surface area contributed by atoms with Gasteiger partial charge in [0.15, 0.2) is 0 Å². The van der Waals surface area contributed by atoms with E-state index in [1.54, 1.807) is 9.42 Å². The summed E-state index contributed by atoms with van der Waals surface area (Å²) < 4.78 is 1.60. The monoisotopic (exact) mass is 404 g/mol. The summed E-state index contributed by atoms with van der Waals surface area (Å²) in [7, 11) is 0. The van der Waals surface area contributed by atoms with E-state index in [1.165, 1.54) is 0 Å². The van der Waals surface area contributed by atoms with Crippen LogP contribution in [0.5, 0.6) is 0 Å². The van der Waals surface area contributed by atoms with Gasteiger partial charge in [-0.3, -0.25) is 9.59 Å². The lowest BCUT2D eigenvalue weighted by Gasteiger charge is -2.33. The van der Waals surface area contributed by atoms with Crippen LogP contribution in [0.25, 0.3) is 5.78 Å². The van der Waals surface area contributed by atoms with Crippen molar-refractivity contribution in [2.24, 2.45) is 0 Å². The van der Waals surface area contributed by atoms with Gasteiger partial charge in [-0.25, -0.2) is 9.50 Å². The third-order valence-corrected chi connectivity index (χ3v) is 6.39. The van der Waals surface area contributed by atoms with Crippen LogP contribution in [0.2, 0.25) is 0 Å². The molecule has 5 rings (SSSR count). The van der Waals surface area contributed by atoms with Crippen LogP contribution in [0.1, 0.15) is 53.8 Å². The summed E-state index contributed by atoms with van der Waals surface area (Å²) in [5.41, 5.74) is 2.82. The molecule has 2 aliphatic heterocycles. The molecule has 2 atom stereocenters. The fourth-order valence-corrected chi connectivity index (χ4v) is 5.11. The highest BCUT2D eigenvalue weighted by Gasteiger charge is 2.58. The minimum absolute atomic E-state index is 0.0199. The van der Waals surface area contributed by atoms with Crippen LogP contribution in [0.15, 0.2) is 30.3 Å². The number of fused-ring (bicyclic) bond motifs is 3. The molecule has 8 heteroatoms. The topological polar surface area (TPSA) is 92.5 Å². The standard InChI is InChI=1S/C22H24N6O2/c1-4-7-17-22(15-8-5-6-9-16(15)24-20(22)30)10-11-27(17)19(29)18-25-21-23-13(2)12-14(3)28(21)26-18/h5-6,8-9,12,17H,4,7,10-11H2,1-3H3,(H,24,30)/t17-,22+/m0/s1. The smallest absolute Gasteiger partial charge is 0.293 e. The van der Waals surface area contributed by atoms with Gasteiger partial charge in [0.1, 0.15) is 0 Å². The van der Waals surface area contributed by atoms with Crippen molar-refractivity contribution in [3.05, 3.63) is 53.1 Å². The SMILES string of the molecule is CCC[C@@H]1N(C(=O)c2nc3nc(C)cc(C)n3n2)CC[C@]12C(=O)Nc1ccccc12. The van der Waals surface area contributed by atoms with Gasteiger partial charge in [0.25, 0.3) is 11.7 Å². The summed E-state index contributed by atoms with van der Waals surface area (Å²) >= 11 is 0. The van der Waals surface area contributed by atoms with Crippen LogP contribution in [0.4, 0.5) is 5.69 Å². The van der Waals surface area contributed by atoms with Gasteiger partial charge in [0.2, 0.25) is 11.7 Å². The molecule has 0 unspecified atom stereocenters. The van der Waals surface area contributed by atoms with Crippen LogP contribution in [-0.2, 0) is 10.2 Å². The highest BCUT2D eigenvalue weighted by molar-refractivity contribution is 6.08.